The number of anilines is 2. The zero-order valence-electron chi connectivity index (χ0n) is 17.2. The van der Waals surface area contributed by atoms with Gasteiger partial charge in [0, 0.05) is 24.7 Å². The number of aromatic nitrogens is 2. The topological polar surface area (TPSA) is 181 Å². The van der Waals surface area contributed by atoms with E-state index in [1.165, 1.54) is 43.3 Å². The lowest BCUT2D eigenvalue weighted by Crippen LogP contribution is -2.23. The molecule has 0 aliphatic heterocycles. The molecule has 3 rings (SSSR count). The summed E-state index contributed by atoms with van der Waals surface area (Å²) in [6.45, 7) is 1.35. The van der Waals surface area contributed by atoms with Crippen LogP contribution in [0.4, 0.5) is 11.6 Å². The fourth-order valence-electron chi connectivity index (χ4n) is 2.73. The Labute approximate surface area is 189 Å². The summed E-state index contributed by atoms with van der Waals surface area (Å²) in [5, 5.41) is 22.8. The Morgan fingerprint density at radius 2 is 1.67 bits per heavy atom. The summed E-state index contributed by atoms with van der Waals surface area (Å²) in [6, 6.07) is 15.4. The van der Waals surface area contributed by atoms with Crippen molar-refractivity contribution in [3.63, 3.8) is 0 Å². The molecule has 0 saturated heterocycles. The number of aromatic amines is 1. The van der Waals surface area contributed by atoms with Crippen LogP contribution in [0.2, 0.25) is 0 Å². The largest absolute Gasteiger partial charge is 0.326 e. The molecule has 0 spiro atoms. The van der Waals surface area contributed by atoms with Gasteiger partial charge in [-0.15, -0.1) is 0 Å². The van der Waals surface area contributed by atoms with Crippen molar-refractivity contribution < 1.29 is 18.0 Å². The van der Waals surface area contributed by atoms with E-state index in [1.807, 2.05) is 0 Å². The maximum atomic E-state index is 12.5. The lowest BCUT2D eigenvalue weighted by molar-refractivity contribution is -0.114. The molecule has 2 amide bonds. The van der Waals surface area contributed by atoms with Crippen LogP contribution in [0.15, 0.2) is 53.4 Å². The van der Waals surface area contributed by atoms with Gasteiger partial charge in [0.2, 0.25) is 21.9 Å². The van der Waals surface area contributed by atoms with Crippen molar-refractivity contribution in [1.82, 2.24) is 14.7 Å². The van der Waals surface area contributed by atoms with E-state index >= 15 is 0 Å². The van der Waals surface area contributed by atoms with E-state index in [-0.39, 0.29) is 40.2 Å². The van der Waals surface area contributed by atoms with Crippen molar-refractivity contribution in [2.24, 2.45) is 0 Å². The number of H-pyrrole nitrogens is 1. The first-order chi connectivity index (χ1) is 15.7. The van der Waals surface area contributed by atoms with Crippen LogP contribution in [0.25, 0.3) is 0 Å². The number of nitrogens with zero attached hydrogens (tertiary/aromatic N) is 3. The Balaban J connectivity index is 1.61. The van der Waals surface area contributed by atoms with Crippen LogP contribution < -0.4 is 15.4 Å². The highest BCUT2D eigenvalue weighted by Gasteiger charge is 2.15. The molecule has 0 fully saturated rings. The van der Waals surface area contributed by atoms with Gasteiger partial charge >= 0.3 is 0 Å². The lowest BCUT2D eigenvalue weighted by Gasteiger charge is -2.09. The number of sulfonamides is 1. The Bertz CT molecular complexity index is 1350. The normalized spacial score (nSPS) is 10.6. The fraction of sp³-hybridized carbons (Fsp3) is 0.0952. The summed E-state index contributed by atoms with van der Waals surface area (Å²) < 4.78 is 27.4. The van der Waals surface area contributed by atoms with E-state index in [9.17, 15) is 18.0 Å². The minimum Gasteiger partial charge on any atom is -0.326 e. The SMILES string of the molecule is CC(=O)Nc1ccc(S(=O)(=O)NCc2ccc(C(=O)Nc3nc(C#N)c(C#N)[nH]3)cc2)cc1. The molecule has 0 atom stereocenters. The maximum Gasteiger partial charge on any atom is 0.257 e. The number of carbonyl (C=O) groups excluding carboxylic acids is 2. The number of nitriles is 2. The maximum absolute atomic E-state index is 12.5. The first-order valence-electron chi connectivity index (χ1n) is 9.39. The number of rotatable bonds is 7. The highest BCUT2D eigenvalue weighted by molar-refractivity contribution is 7.89. The van der Waals surface area contributed by atoms with Crippen molar-refractivity contribution in [1.29, 1.82) is 10.5 Å². The summed E-state index contributed by atoms with van der Waals surface area (Å²) >= 11 is 0. The van der Waals surface area contributed by atoms with Gasteiger partial charge in [-0.3, -0.25) is 14.9 Å². The van der Waals surface area contributed by atoms with E-state index in [4.69, 9.17) is 10.5 Å². The number of hydrogen-bond donors (Lipinski definition) is 4. The van der Waals surface area contributed by atoms with Gasteiger partial charge in [-0.1, -0.05) is 12.1 Å². The standard InChI is InChI=1S/C21H17N7O4S/c1-13(29)25-16-6-8-17(9-7-16)33(31,32)24-12-14-2-4-15(5-3-14)20(30)28-21-26-18(10-22)19(11-23)27-21/h2-9,24H,12H2,1H3,(H,25,29)(H2,26,27,28,30). The van der Waals surface area contributed by atoms with Gasteiger partial charge < -0.3 is 10.3 Å². The molecular formula is C21H17N7O4S. The Morgan fingerprint density at radius 3 is 2.21 bits per heavy atom. The number of imidazole rings is 1. The molecule has 2 aromatic carbocycles. The molecule has 0 unspecified atom stereocenters. The van der Waals surface area contributed by atoms with Crippen LogP contribution in [-0.2, 0) is 21.4 Å². The predicted molar refractivity (Wildman–Crippen MR) is 117 cm³/mol. The summed E-state index contributed by atoms with van der Waals surface area (Å²) in [5.41, 5.74) is 1.18. The zero-order valence-corrected chi connectivity index (χ0v) is 18.0. The Hall–Kier alpha value is -4.52. The van der Waals surface area contributed by atoms with Gasteiger partial charge in [0.1, 0.15) is 12.1 Å². The van der Waals surface area contributed by atoms with Gasteiger partial charge in [-0.05, 0) is 42.0 Å². The zero-order chi connectivity index (χ0) is 24.0. The number of amides is 2. The van der Waals surface area contributed by atoms with Gasteiger partial charge in [0.05, 0.1) is 4.90 Å². The van der Waals surface area contributed by atoms with E-state index in [0.717, 1.165) is 0 Å². The third kappa shape index (κ3) is 5.80. The molecule has 3 aromatic rings. The molecule has 1 aromatic heterocycles. The molecule has 4 N–H and O–H groups in total. The molecule has 1 heterocycles. The molecule has 166 valence electrons. The second-order valence-electron chi connectivity index (χ2n) is 6.71. The van der Waals surface area contributed by atoms with E-state index in [1.54, 1.807) is 24.3 Å². The van der Waals surface area contributed by atoms with Crippen LogP contribution in [-0.4, -0.2) is 30.2 Å². The Morgan fingerprint density at radius 1 is 1.00 bits per heavy atom. The predicted octanol–water partition coefficient (Wildman–Crippen LogP) is 1.84. The van der Waals surface area contributed by atoms with Crippen LogP contribution in [0.3, 0.4) is 0 Å². The van der Waals surface area contributed by atoms with Crippen molar-refractivity contribution in [2.45, 2.75) is 18.4 Å². The van der Waals surface area contributed by atoms with Crippen LogP contribution in [0.1, 0.15) is 34.2 Å². The van der Waals surface area contributed by atoms with Gasteiger partial charge in [0.15, 0.2) is 11.4 Å². The van der Waals surface area contributed by atoms with E-state index in [2.05, 4.69) is 25.3 Å². The summed E-state index contributed by atoms with van der Waals surface area (Å²) in [6.07, 6.45) is 0. The van der Waals surface area contributed by atoms with Gasteiger partial charge in [-0.2, -0.15) is 10.5 Å². The third-order valence-corrected chi connectivity index (χ3v) is 5.74. The minimum absolute atomic E-state index is 0.00702. The second-order valence-corrected chi connectivity index (χ2v) is 8.48. The quantitative estimate of drug-likeness (QED) is 0.412. The number of hydrogen-bond acceptors (Lipinski definition) is 7. The first-order valence-corrected chi connectivity index (χ1v) is 10.9. The first kappa shape index (κ1) is 23.1. The van der Waals surface area contributed by atoms with Crippen molar-refractivity contribution in [2.75, 3.05) is 10.6 Å². The van der Waals surface area contributed by atoms with Gasteiger partial charge in [0.25, 0.3) is 5.91 Å². The van der Waals surface area contributed by atoms with Crippen LogP contribution >= 0.6 is 0 Å². The van der Waals surface area contributed by atoms with Crippen molar-refractivity contribution in [3.8, 4) is 12.1 Å². The number of carbonyl (C=O) groups is 2. The molecule has 11 nitrogen and oxygen atoms in total. The third-order valence-electron chi connectivity index (χ3n) is 4.32. The number of nitrogens with one attached hydrogen (secondary N) is 4. The van der Waals surface area contributed by atoms with Gasteiger partial charge in [-0.25, -0.2) is 18.1 Å². The summed E-state index contributed by atoms with van der Waals surface area (Å²) in [4.78, 5) is 29.8. The molecule has 0 radical (unpaired) electrons. The molecular weight excluding hydrogens is 446 g/mol. The number of benzene rings is 2. The van der Waals surface area contributed by atoms with Crippen molar-refractivity contribution in [3.05, 3.63) is 71.0 Å². The lowest BCUT2D eigenvalue weighted by atomic mass is 10.1. The average molecular weight is 463 g/mol. The molecule has 0 bridgehead atoms. The van der Waals surface area contributed by atoms with E-state index < -0.39 is 15.9 Å². The smallest absolute Gasteiger partial charge is 0.257 e. The second kappa shape index (κ2) is 9.74. The highest BCUT2D eigenvalue weighted by Crippen LogP contribution is 2.15. The fourth-order valence-corrected chi connectivity index (χ4v) is 3.75. The van der Waals surface area contributed by atoms with Crippen molar-refractivity contribution >= 4 is 33.5 Å². The Kier molecular flexibility index (Phi) is 6.83. The molecule has 0 aliphatic carbocycles. The average Bonchev–Trinajstić information content (AvgIpc) is 3.20. The highest BCUT2D eigenvalue weighted by atomic mass is 32.2. The molecule has 33 heavy (non-hydrogen) atoms. The van der Waals surface area contributed by atoms with Crippen LogP contribution in [0.5, 0.6) is 0 Å². The molecule has 0 aliphatic rings. The van der Waals surface area contributed by atoms with Crippen LogP contribution in [0, 0.1) is 22.7 Å². The molecule has 0 saturated carbocycles. The summed E-state index contributed by atoms with van der Waals surface area (Å²) in [7, 11) is -3.78. The monoisotopic (exact) mass is 463 g/mol. The molecule has 12 heteroatoms. The summed E-state index contributed by atoms with van der Waals surface area (Å²) in [5.74, 6) is -0.817. The van der Waals surface area contributed by atoms with E-state index in [0.29, 0.717) is 11.3 Å². The minimum atomic E-state index is -3.78.